The van der Waals surface area contributed by atoms with Gasteiger partial charge in [-0.2, -0.15) is 0 Å². The van der Waals surface area contributed by atoms with E-state index in [0.717, 1.165) is 6.42 Å². The Labute approximate surface area is 180 Å². The molecule has 3 aromatic rings. The molecule has 1 amide bonds. The lowest BCUT2D eigenvalue weighted by Gasteiger charge is -2.26. The van der Waals surface area contributed by atoms with Gasteiger partial charge in [-0.3, -0.25) is 9.20 Å². The van der Waals surface area contributed by atoms with Crippen molar-refractivity contribution in [3.05, 3.63) is 65.1 Å². The Morgan fingerprint density at radius 2 is 1.94 bits per heavy atom. The van der Waals surface area contributed by atoms with Gasteiger partial charge in [-0.05, 0) is 50.5 Å². The van der Waals surface area contributed by atoms with Gasteiger partial charge in [-0.1, -0.05) is 19.9 Å². The summed E-state index contributed by atoms with van der Waals surface area (Å²) in [6.45, 7) is 7.80. The van der Waals surface area contributed by atoms with E-state index in [1.54, 1.807) is 29.7 Å². The third kappa shape index (κ3) is 5.19. The quantitative estimate of drug-likeness (QED) is 0.566. The summed E-state index contributed by atoms with van der Waals surface area (Å²) in [6.07, 6.45) is 2.46. The summed E-state index contributed by atoms with van der Waals surface area (Å²) in [4.78, 5) is 17.3. The molecule has 1 aromatic carbocycles. The Bertz CT molecular complexity index is 1070. The smallest absolute Gasteiger partial charge is 0.270 e. The van der Waals surface area contributed by atoms with Crippen LogP contribution in [-0.4, -0.2) is 27.4 Å². The summed E-state index contributed by atoms with van der Waals surface area (Å²) in [6, 6.07) is 6.97. The summed E-state index contributed by atoms with van der Waals surface area (Å²) < 4.78 is 35.1. The fourth-order valence-corrected chi connectivity index (χ4v) is 3.73. The number of carbonyl (C=O) groups excluding carboxylic acids is 1. The monoisotopic (exact) mass is 430 g/mol. The third-order valence-corrected chi connectivity index (χ3v) is 4.96. The predicted octanol–water partition coefficient (Wildman–Crippen LogP) is 3.99. The van der Waals surface area contributed by atoms with Gasteiger partial charge >= 0.3 is 0 Å². The molecule has 0 saturated heterocycles. The summed E-state index contributed by atoms with van der Waals surface area (Å²) >= 11 is 0. The van der Waals surface area contributed by atoms with Crippen LogP contribution in [0.25, 0.3) is 5.65 Å². The van der Waals surface area contributed by atoms with Crippen molar-refractivity contribution < 1.29 is 18.3 Å². The molecule has 3 rings (SSSR count). The summed E-state index contributed by atoms with van der Waals surface area (Å²) in [5.74, 6) is -0.947. The van der Waals surface area contributed by atoms with Crippen molar-refractivity contribution in [2.75, 3.05) is 6.54 Å². The number of amides is 1. The van der Waals surface area contributed by atoms with E-state index in [1.165, 1.54) is 18.2 Å². The largest absolute Gasteiger partial charge is 0.485 e. The number of rotatable bonds is 8. The predicted molar refractivity (Wildman–Crippen MR) is 115 cm³/mol. The molecule has 0 aliphatic rings. The average Bonchev–Trinajstić information content (AvgIpc) is 3.01. The lowest BCUT2D eigenvalue weighted by Crippen LogP contribution is -2.48. The van der Waals surface area contributed by atoms with Crippen LogP contribution in [0.15, 0.2) is 36.5 Å². The number of benzene rings is 1. The molecule has 8 heteroatoms. The number of halogens is 2. The van der Waals surface area contributed by atoms with E-state index in [4.69, 9.17) is 10.5 Å². The van der Waals surface area contributed by atoms with Crippen LogP contribution < -0.4 is 15.8 Å². The van der Waals surface area contributed by atoms with Gasteiger partial charge in [0.2, 0.25) is 0 Å². The maximum atomic E-state index is 13.9. The van der Waals surface area contributed by atoms with Gasteiger partial charge in [-0.15, -0.1) is 0 Å². The van der Waals surface area contributed by atoms with Crippen molar-refractivity contribution in [3.63, 3.8) is 0 Å². The summed E-state index contributed by atoms with van der Waals surface area (Å²) in [5.41, 5.74) is 6.85. The fraction of sp³-hybridized carbons (Fsp3) is 0.391. The van der Waals surface area contributed by atoms with Gasteiger partial charge in [0, 0.05) is 18.3 Å². The first-order chi connectivity index (χ1) is 14.6. The number of hydrogen-bond acceptors (Lipinski definition) is 4. The number of ether oxygens (including phenoxy) is 1. The number of imidazole rings is 1. The molecule has 0 spiro atoms. The molecule has 3 N–H and O–H groups in total. The van der Waals surface area contributed by atoms with E-state index in [2.05, 4.69) is 24.1 Å². The average molecular weight is 430 g/mol. The van der Waals surface area contributed by atoms with Gasteiger partial charge < -0.3 is 15.8 Å². The van der Waals surface area contributed by atoms with E-state index >= 15 is 0 Å². The molecule has 0 aliphatic heterocycles. The molecule has 1 unspecified atom stereocenters. The normalized spacial score (nSPS) is 13.4. The molecule has 0 aliphatic carbocycles. The van der Waals surface area contributed by atoms with Gasteiger partial charge in [0.05, 0.1) is 11.3 Å². The standard InChI is InChI=1S/C23H28F2N4O2/c1-14(2)11-23(4,26)13-27-22(30)20-15(3)28-21-19(9-6-10-29(20)21)31-12-16-17(24)7-5-8-18(16)25/h5-10,14H,11-13,26H2,1-4H3,(H,27,30). The first-order valence-corrected chi connectivity index (χ1v) is 10.2. The molecule has 0 fully saturated rings. The molecular formula is C23H28F2N4O2. The second-order valence-corrected chi connectivity index (χ2v) is 8.54. The van der Waals surface area contributed by atoms with Crippen molar-refractivity contribution in [2.45, 2.75) is 46.3 Å². The van der Waals surface area contributed by atoms with Crippen LogP contribution in [0.4, 0.5) is 8.78 Å². The number of carbonyl (C=O) groups is 1. The van der Waals surface area contributed by atoms with Crippen LogP contribution >= 0.6 is 0 Å². The van der Waals surface area contributed by atoms with Crippen molar-refractivity contribution in [1.82, 2.24) is 14.7 Å². The van der Waals surface area contributed by atoms with Crippen molar-refractivity contribution in [3.8, 4) is 5.75 Å². The third-order valence-electron chi connectivity index (χ3n) is 4.96. The lowest BCUT2D eigenvalue weighted by atomic mass is 9.92. The van der Waals surface area contributed by atoms with Crippen LogP contribution in [0.1, 0.15) is 48.9 Å². The number of pyridine rings is 1. The summed E-state index contributed by atoms with van der Waals surface area (Å²) in [5, 5.41) is 2.89. The topological polar surface area (TPSA) is 81.7 Å². The maximum absolute atomic E-state index is 13.9. The highest BCUT2D eigenvalue weighted by Gasteiger charge is 2.24. The minimum atomic E-state index is -0.683. The van der Waals surface area contributed by atoms with Crippen molar-refractivity contribution in [1.29, 1.82) is 0 Å². The van der Waals surface area contributed by atoms with E-state index in [1.807, 2.05) is 6.92 Å². The highest BCUT2D eigenvalue weighted by Crippen LogP contribution is 2.24. The van der Waals surface area contributed by atoms with Gasteiger partial charge in [0.1, 0.15) is 23.9 Å². The first-order valence-electron chi connectivity index (χ1n) is 10.2. The molecule has 1 atom stereocenters. The SMILES string of the molecule is Cc1nc2c(OCc3c(F)cccc3F)cccn2c1C(=O)NCC(C)(N)CC(C)C. The number of nitrogens with two attached hydrogens (primary N) is 1. The molecule has 2 heterocycles. The Kier molecular flexibility index (Phi) is 6.59. The van der Waals surface area contributed by atoms with Crippen LogP contribution in [0.5, 0.6) is 5.75 Å². The van der Waals surface area contributed by atoms with E-state index < -0.39 is 17.2 Å². The number of nitrogens with one attached hydrogen (secondary N) is 1. The van der Waals surface area contributed by atoms with Crippen LogP contribution in [0, 0.1) is 24.5 Å². The number of aryl methyl sites for hydroxylation is 1. The zero-order chi connectivity index (χ0) is 22.8. The Hall–Kier alpha value is -3.00. The Morgan fingerprint density at radius 3 is 2.58 bits per heavy atom. The van der Waals surface area contributed by atoms with Gasteiger partial charge in [0.25, 0.3) is 5.91 Å². The van der Waals surface area contributed by atoms with E-state index in [0.29, 0.717) is 35.2 Å². The number of aromatic nitrogens is 2. The van der Waals surface area contributed by atoms with Gasteiger partial charge in [-0.25, -0.2) is 13.8 Å². The fourth-order valence-electron chi connectivity index (χ4n) is 3.73. The zero-order valence-corrected chi connectivity index (χ0v) is 18.2. The van der Waals surface area contributed by atoms with Crippen LogP contribution in [-0.2, 0) is 6.61 Å². The molecule has 166 valence electrons. The molecule has 2 aromatic heterocycles. The molecule has 31 heavy (non-hydrogen) atoms. The molecule has 0 radical (unpaired) electrons. The minimum Gasteiger partial charge on any atom is -0.485 e. The van der Waals surface area contributed by atoms with E-state index in [9.17, 15) is 13.6 Å². The minimum absolute atomic E-state index is 0.168. The van der Waals surface area contributed by atoms with Crippen molar-refractivity contribution >= 4 is 11.6 Å². The van der Waals surface area contributed by atoms with E-state index in [-0.39, 0.29) is 18.1 Å². The number of nitrogens with zero attached hydrogens (tertiary/aromatic N) is 2. The molecule has 0 saturated carbocycles. The Morgan fingerprint density at radius 1 is 1.26 bits per heavy atom. The Balaban J connectivity index is 1.82. The zero-order valence-electron chi connectivity index (χ0n) is 18.2. The molecule has 0 bridgehead atoms. The van der Waals surface area contributed by atoms with Crippen LogP contribution in [0.3, 0.4) is 0 Å². The first kappa shape index (κ1) is 22.7. The summed E-state index contributed by atoms with van der Waals surface area (Å²) in [7, 11) is 0. The number of fused-ring (bicyclic) bond motifs is 1. The maximum Gasteiger partial charge on any atom is 0.270 e. The highest BCUT2D eigenvalue weighted by atomic mass is 19.1. The number of hydrogen-bond donors (Lipinski definition) is 2. The molecular weight excluding hydrogens is 402 g/mol. The van der Waals surface area contributed by atoms with Crippen molar-refractivity contribution in [2.24, 2.45) is 11.7 Å². The van der Waals surface area contributed by atoms with Gasteiger partial charge in [0.15, 0.2) is 11.4 Å². The second-order valence-electron chi connectivity index (χ2n) is 8.54. The highest BCUT2D eigenvalue weighted by molar-refractivity contribution is 5.95. The second kappa shape index (κ2) is 9.01. The van der Waals surface area contributed by atoms with Crippen LogP contribution in [0.2, 0.25) is 0 Å². The lowest BCUT2D eigenvalue weighted by molar-refractivity contribution is 0.0935. The molecule has 6 nitrogen and oxygen atoms in total.